The zero-order valence-electron chi connectivity index (χ0n) is 12.8. The van der Waals surface area contributed by atoms with E-state index in [1.165, 1.54) is 0 Å². The van der Waals surface area contributed by atoms with E-state index >= 15 is 0 Å². The van der Waals surface area contributed by atoms with Gasteiger partial charge in [-0.1, -0.05) is 18.5 Å². The number of carboxylic acids is 2. The molecule has 0 amide bonds. The van der Waals surface area contributed by atoms with Crippen molar-refractivity contribution in [1.82, 2.24) is 5.32 Å². The van der Waals surface area contributed by atoms with Gasteiger partial charge in [0.05, 0.1) is 6.61 Å². The molecule has 0 heterocycles. The number of hydrogen-bond acceptors (Lipinski definition) is 4. The molecule has 0 aliphatic rings. The molecule has 0 bridgehead atoms. The Morgan fingerprint density at radius 2 is 1.86 bits per heavy atom. The molecule has 1 aromatic rings. The van der Waals surface area contributed by atoms with Crippen molar-refractivity contribution in [1.29, 1.82) is 0 Å². The summed E-state index contributed by atoms with van der Waals surface area (Å²) in [5.41, 5.74) is 1.15. The summed E-state index contributed by atoms with van der Waals surface area (Å²) in [6.45, 7) is 3.91. The molecule has 0 unspecified atom stereocenters. The van der Waals surface area contributed by atoms with Gasteiger partial charge in [0.15, 0.2) is 0 Å². The molecule has 1 rings (SSSR count). The van der Waals surface area contributed by atoms with Crippen molar-refractivity contribution in [3.05, 3.63) is 28.8 Å². The third-order valence-electron chi connectivity index (χ3n) is 2.67. The molecule has 0 saturated heterocycles. The molecule has 6 nitrogen and oxygen atoms in total. The molecule has 22 heavy (non-hydrogen) atoms. The molecule has 3 N–H and O–H groups in total. The van der Waals surface area contributed by atoms with Gasteiger partial charge in [0.2, 0.25) is 0 Å². The lowest BCUT2D eigenvalue weighted by Crippen LogP contribution is -2.09. The monoisotopic (exact) mass is 331 g/mol. The zero-order chi connectivity index (χ0) is 17.0. The van der Waals surface area contributed by atoms with Crippen molar-refractivity contribution in [2.75, 3.05) is 20.2 Å². The molecule has 0 saturated carbocycles. The van der Waals surface area contributed by atoms with E-state index in [-0.39, 0.29) is 0 Å². The highest BCUT2D eigenvalue weighted by molar-refractivity contribution is 6.31. The fourth-order valence-electron chi connectivity index (χ4n) is 1.51. The fraction of sp³-hybridized carbons (Fsp3) is 0.467. The lowest BCUT2D eigenvalue weighted by atomic mass is 10.1. The molecule has 0 fully saturated rings. The first-order chi connectivity index (χ1) is 10.4. The van der Waals surface area contributed by atoms with Gasteiger partial charge in [-0.05, 0) is 56.6 Å². The molecule has 0 spiro atoms. The first kappa shape index (κ1) is 20.2. The van der Waals surface area contributed by atoms with Crippen LogP contribution in [-0.4, -0.2) is 42.4 Å². The number of unbranched alkanes of at least 4 members (excludes halogenated alkanes) is 1. The summed E-state index contributed by atoms with van der Waals surface area (Å²) in [7, 11) is 1.97. The minimum atomic E-state index is -1.82. The van der Waals surface area contributed by atoms with Crippen molar-refractivity contribution < 1.29 is 24.5 Å². The highest BCUT2D eigenvalue weighted by Crippen LogP contribution is 2.22. The number of ether oxygens (including phenoxy) is 1. The maximum atomic E-state index is 9.10. The summed E-state index contributed by atoms with van der Waals surface area (Å²) in [5, 5.41) is 18.7. The van der Waals surface area contributed by atoms with Gasteiger partial charge in [-0.25, -0.2) is 9.59 Å². The minimum Gasteiger partial charge on any atom is -0.494 e. The molecule has 0 aromatic heterocycles. The van der Waals surface area contributed by atoms with Gasteiger partial charge in [-0.3, -0.25) is 0 Å². The summed E-state index contributed by atoms with van der Waals surface area (Å²) in [6, 6.07) is 5.86. The number of rotatable bonds is 7. The summed E-state index contributed by atoms with van der Waals surface area (Å²) < 4.78 is 5.66. The number of nitrogens with one attached hydrogen (secondary N) is 1. The largest absolute Gasteiger partial charge is 0.494 e. The highest BCUT2D eigenvalue weighted by Gasteiger charge is 2.04. The second kappa shape index (κ2) is 11.8. The van der Waals surface area contributed by atoms with Crippen LogP contribution in [0.25, 0.3) is 0 Å². The van der Waals surface area contributed by atoms with E-state index in [4.69, 9.17) is 36.1 Å². The van der Waals surface area contributed by atoms with E-state index < -0.39 is 11.9 Å². The number of hydrogen-bond donors (Lipinski definition) is 3. The van der Waals surface area contributed by atoms with Gasteiger partial charge in [-0.2, -0.15) is 0 Å². The number of carbonyl (C=O) groups is 2. The van der Waals surface area contributed by atoms with Crippen LogP contribution in [0.3, 0.4) is 0 Å². The van der Waals surface area contributed by atoms with E-state index in [2.05, 4.69) is 12.2 Å². The Balaban J connectivity index is 0.000000626. The molecule has 124 valence electrons. The average Bonchev–Trinajstić information content (AvgIpc) is 2.49. The van der Waals surface area contributed by atoms with Crippen LogP contribution in [0.15, 0.2) is 18.2 Å². The van der Waals surface area contributed by atoms with Gasteiger partial charge in [-0.15, -0.1) is 0 Å². The minimum absolute atomic E-state index is 0.770. The van der Waals surface area contributed by atoms with Crippen LogP contribution in [0, 0.1) is 0 Å². The Hall–Kier alpha value is -1.79. The van der Waals surface area contributed by atoms with Crippen LogP contribution < -0.4 is 10.1 Å². The van der Waals surface area contributed by atoms with E-state index in [9.17, 15) is 0 Å². The number of carboxylic acid groups (broad SMARTS) is 2. The Bertz CT molecular complexity index is 467. The third-order valence-corrected chi connectivity index (χ3v) is 3.04. The van der Waals surface area contributed by atoms with Gasteiger partial charge in [0.25, 0.3) is 0 Å². The van der Waals surface area contributed by atoms with E-state index in [1.54, 1.807) is 0 Å². The molecule has 0 radical (unpaired) electrons. The number of benzene rings is 1. The maximum Gasteiger partial charge on any atom is 0.414 e. The predicted octanol–water partition coefficient (Wildman–Crippen LogP) is 2.44. The number of halogens is 1. The van der Waals surface area contributed by atoms with Crippen LogP contribution in [-0.2, 0) is 16.0 Å². The lowest BCUT2D eigenvalue weighted by molar-refractivity contribution is -0.159. The Kier molecular flexibility index (Phi) is 10.9. The van der Waals surface area contributed by atoms with E-state index in [0.717, 1.165) is 48.7 Å². The second-order valence-corrected chi connectivity index (χ2v) is 4.78. The normalized spacial score (nSPS) is 9.59. The molecule has 0 aliphatic heterocycles. The van der Waals surface area contributed by atoms with Gasteiger partial charge >= 0.3 is 11.9 Å². The van der Waals surface area contributed by atoms with Gasteiger partial charge in [0, 0.05) is 5.02 Å². The summed E-state index contributed by atoms with van der Waals surface area (Å²) in [5.74, 6) is -2.73. The van der Waals surface area contributed by atoms with Crippen molar-refractivity contribution in [2.24, 2.45) is 0 Å². The Morgan fingerprint density at radius 3 is 2.36 bits per heavy atom. The lowest BCUT2D eigenvalue weighted by Gasteiger charge is -2.08. The average molecular weight is 332 g/mol. The molecule has 0 atom stereocenters. The summed E-state index contributed by atoms with van der Waals surface area (Å²) in [6.07, 6.45) is 3.16. The van der Waals surface area contributed by atoms with Gasteiger partial charge in [0.1, 0.15) is 5.75 Å². The second-order valence-electron chi connectivity index (χ2n) is 4.38. The first-order valence-corrected chi connectivity index (χ1v) is 7.32. The first-order valence-electron chi connectivity index (χ1n) is 6.94. The highest BCUT2D eigenvalue weighted by atomic mass is 35.5. The predicted molar refractivity (Wildman–Crippen MR) is 84.8 cm³/mol. The standard InChI is InChI=1S/C13H20ClNO.C2H2O4/c1-3-11-10-12(6-7-13(11)14)16-9-5-4-8-15-2;3-1(4)2(5)6/h6-7,10,15H,3-5,8-9H2,1-2H3;(H,3,4)(H,5,6). The van der Waals surface area contributed by atoms with Crippen molar-refractivity contribution in [3.8, 4) is 5.75 Å². The zero-order valence-corrected chi connectivity index (χ0v) is 13.5. The smallest absolute Gasteiger partial charge is 0.414 e. The quantitative estimate of drug-likeness (QED) is 0.524. The number of aryl methyl sites for hydroxylation is 1. The van der Waals surface area contributed by atoms with E-state index in [0.29, 0.717) is 0 Å². The van der Waals surface area contributed by atoms with Crippen LogP contribution in [0.1, 0.15) is 25.3 Å². The topological polar surface area (TPSA) is 95.9 Å². The van der Waals surface area contributed by atoms with Crippen molar-refractivity contribution >= 4 is 23.5 Å². The Labute approximate surface area is 135 Å². The fourth-order valence-corrected chi connectivity index (χ4v) is 1.76. The number of aliphatic carboxylic acids is 2. The van der Waals surface area contributed by atoms with E-state index in [1.807, 2.05) is 25.2 Å². The summed E-state index contributed by atoms with van der Waals surface area (Å²) in [4.78, 5) is 18.2. The molecular formula is C15H22ClNO5. The molecule has 7 heteroatoms. The molecule has 1 aromatic carbocycles. The molecule has 0 aliphatic carbocycles. The Morgan fingerprint density at radius 1 is 1.23 bits per heavy atom. The van der Waals surface area contributed by atoms with Crippen LogP contribution >= 0.6 is 11.6 Å². The SMILES string of the molecule is CCc1cc(OCCCCNC)ccc1Cl.O=C(O)C(=O)O. The van der Waals surface area contributed by atoms with Crippen LogP contribution in [0.4, 0.5) is 0 Å². The van der Waals surface area contributed by atoms with Crippen LogP contribution in [0.5, 0.6) is 5.75 Å². The van der Waals surface area contributed by atoms with Crippen molar-refractivity contribution in [2.45, 2.75) is 26.2 Å². The third kappa shape index (κ3) is 9.20. The van der Waals surface area contributed by atoms with Crippen molar-refractivity contribution in [3.63, 3.8) is 0 Å². The van der Waals surface area contributed by atoms with Gasteiger partial charge < -0.3 is 20.3 Å². The molecular weight excluding hydrogens is 310 g/mol. The van der Waals surface area contributed by atoms with Crippen LogP contribution in [0.2, 0.25) is 5.02 Å². The maximum absolute atomic E-state index is 9.10. The summed E-state index contributed by atoms with van der Waals surface area (Å²) >= 11 is 6.04.